The molecule has 1 aromatic heterocycles. The Morgan fingerprint density at radius 1 is 1.53 bits per heavy atom. The Hall–Kier alpha value is -0.900. The Balaban J connectivity index is 1.74. The largest absolute Gasteiger partial charge is 0.340 e. The maximum Gasteiger partial charge on any atom is 0.223 e. The van der Waals surface area contributed by atoms with Crippen LogP contribution in [0.5, 0.6) is 0 Å². The smallest absolute Gasteiger partial charge is 0.223 e. The van der Waals surface area contributed by atoms with E-state index in [9.17, 15) is 0 Å². The fraction of sp³-hybridized carbons (Fsp3) is 0.818. The van der Waals surface area contributed by atoms with Crippen LogP contribution in [-0.4, -0.2) is 16.2 Å². The standard InChI is InChI=1S/C11H19N3O/c1-3-10(6-9-4-5-9)12-7-11-13-8(2)15-14-11/h9-10,12H,3-7H2,1-2H3. The SMILES string of the molecule is CCC(CC1CC1)NCc1noc(C)n1. The summed E-state index contributed by atoms with van der Waals surface area (Å²) in [6.07, 6.45) is 5.31. The van der Waals surface area contributed by atoms with E-state index in [0.717, 1.165) is 18.3 Å². The Morgan fingerprint density at radius 3 is 2.87 bits per heavy atom. The van der Waals surface area contributed by atoms with Gasteiger partial charge in [-0.2, -0.15) is 4.98 Å². The number of aromatic nitrogens is 2. The van der Waals surface area contributed by atoms with Crippen molar-refractivity contribution in [2.75, 3.05) is 0 Å². The van der Waals surface area contributed by atoms with Crippen LogP contribution in [0.1, 0.15) is 44.3 Å². The van der Waals surface area contributed by atoms with E-state index in [1.54, 1.807) is 0 Å². The quantitative estimate of drug-likeness (QED) is 0.779. The molecule has 4 nitrogen and oxygen atoms in total. The molecule has 1 fully saturated rings. The summed E-state index contributed by atoms with van der Waals surface area (Å²) in [6, 6.07) is 0.608. The van der Waals surface area contributed by atoms with Crippen LogP contribution < -0.4 is 5.32 Å². The van der Waals surface area contributed by atoms with Crippen LogP contribution in [0.3, 0.4) is 0 Å². The minimum Gasteiger partial charge on any atom is -0.340 e. The molecule has 84 valence electrons. The Bertz CT molecular complexity index is 307. The van der Waals surface area contributed by atoms with Gasteiger partial charge < -0.3 is 9.84 Å². The monoisotopic (exact) mass is 209 g/mol. The lowest BCUT2D eigenvalue weighted by atomic mass is 10.1. The van der Waals surface area contributed by atoms with Gasteiger partial charge in [0.25, 0.3) is 0 Å². The highest BCUT2D eigenvalue weighted by molar-refractivity contribution is 4.85. The molecule has 1 atom stereocenters. The maximum absolute atomic E-state index is 4.92. The first-order valence-electron chi connectivity index (χ1n) is 5.80. The van der Waals surface area contributed by atoms with E-state index in [1.807, 2.05) is 6.92 Å². The Kier molecular flexibility index (Phi) is 3.36. The van der Waals surface area contributed by atoms with Crippen LogP contribution in [0, 0.1) is 12.8 Å². The highest BCUT2D eigenvalue weighted by atomic mass is 16.5. The van der Waals surface area contributed by atoms with Crippen molar-refractivity contribution in [3.05, 3.63) is 11.7 Å². The molecule has 0 aliphatic heterocycles. The molecule has 1 aliphatic carbocycles. The van der Waals surface area contributed by atoms with Crippen molar-refractivity contribution < 1.29 is 4.52 Å². The van der Waals surface area contributed by atoms with Crippen molar-refractivity contribution in [2.24, 2.45) is 5.92 Å². The van der Waals surface area contributed by atoms with Gasteiger partial charge in [-0.1, -0.05) is 24.9 Å². The van der Waals surface area contributed by atoms with Crippen LogP contribution in [0.2, 0.25) is 0 Å². The van der Waals surface area contributed by atoms with Crippen LogP contribution >= 0.6 is 0 Å². The Labute approximate surface area is 90.4 Å². The highest BCUT2D eigenvalue weighted by Crippen LogP contribution is 2.34. The molecule has 15 heavy (non-hydrogen) atoms. The number of nitrogens with zero attached hydrogens (tertiary/aromatic N) is 2. The van der Waals surface area contributed by atoms with Gasteiger partial charge in [-0.15, -0.1) is 0 Å². The number of hydrogen-bond acceptors (Lipinski definition) is 4. The predicted molar refractivity (Wildman–Crippen MR) is 57.3 cm³/mol. The lowest BCUT2D eigenvalue weighted by Gasteiger charge is -2.14. The average molecular weight is 209 g/mol. The van der Waals surface area contributed by atoms with Gasteiger partial charge in [0.1, 0.15) is 0 Å². The second-order valence-corrected chi connectivity index (χ2v) is 4.39. The maximum atomic E-state index is 4.92. The molecule has 1 heterocycles. The second-order valence-electron chi connectivity index (χ2n) is 4.39. The van der Waals surface area contributed by atoms with E-state index in [-0.39, 0.29) is 0 Å². The minimum atomic E-state index is 0.608. The zero-order chi connectivity index (χ0) is 10.7. The first-order chi connectivity index (χ1) is 7.28. The van der Waals surface area contributed by atoms with Crippen LogP contribution in [0.25, 0.3) is 0 Å². The van der Waals surface area contributed by atoms with E-state index in [4.69, 9.17) is 4.52 Å². The normalized spacial score (nSPS) is 18.0. The lowest BCUT2D eigenvalue weighted by Crippen LogP contribution is -2.28. The molecule has 1 unspecified atom stereocenters. The van der Waals surface area contributed by atoms with Crippen molar-refractivity contribution in [2.45, 2.75) is 52.1 Å². The van der Waals surface area contributed by atoms with E-state index in [2.05, 4.69) is 22.4 Å². The van der Waals surface area contributed by atoms with Gasteiger partial charge in [0.05, 0.1) is 6.54 Å². The van der Waals surface area contributed by atoms with Crippen LogP contribution in [0.15, 0.2) is 4.52 Å². The van der Waals surface area contributed by atoms with E-state index in [0.29, 0.717) is 11.9 Å². The molecule has 0 spiro atoms. The van der Waals surface area contributed by atoms with Crippen molar-refractivity contribution in [3.63, 3.8) is 0 Å². The van der Waals surface area contributed by atoms with Crippen molar-refractivity contribution in [3.8, 4) is 0 Å². The fourth-order valence-corrected chi connectivity index (χ4v) is 1.80. The highest BCUT2D eigenvalue weighted by Gasteiger charge is 2.24. The molecule has 0 amide bonds. The van der Waals surface area contributed by atoms with Gasteiger partial charge in [-0.25, -0.2) is 0 Å². The van der Waals surface area contributed by atoms with Gasteiger partial charge in [-0.05, 0) is 18.8 Å². The number of rotatable bonds is 6. The third-order valence-electron chi connectivity index (χ3n) is 2.93. The second kappa shape index (κ2) is 4.75. The minimum absolute atomic E-state index is 0.608. The molecule has 4 heteroatoms. The number of hydrogen-bond donors (Lipinski definition) is 1. The summed E-state index contributed by atoms with van der Waals surface area (Å²) in [5, 5.41) is 7.35. The molecule has 0 bridgehead atoms. The molecular formula is C11H19N3O. The summed E-state index contributed by atoms with van der Waals surface area (Å²) in [4.78, 5) is 4.17. The van der Waals surface area contributed by atoms with E-state index < -0.39 is 0 Å². The zero-order valence-electron chi connectivity index (χ0n) is 9.49. The molecule has 1 N–H and O–H groups in total. The molecule has 0 aromatic carbocycles. The first-order valence-corrected chi connectivity index (χ1v) is 5.80. The number of nitrogens with one attached hydrogen (secondary N) is 1. The topological polar surface area (TPSA) is 51.0 Å². The van der Waals surface area contributed by atoms with Gasteiger partial charge >= 0.3 is 0 Å². The molecule has 0 saturated heterocycles. The predicted octanol–water partition coefficient (Wildman–Crippen LogP) is 2.05. The van der Waals surface area contributed by atoms with E-state index >= 15 is 0 Å². The third kappa shape index (κ3) is 3.30. The Morgan fingerprint density at radius 2 is 2.33 bits per heavy atom. The van der Waals surface area contributed by atoms with Crippen molar-refractivity contribution in [1.29, 1.82) is 0 Å². The van der Waals surface area contributed by atoms with Crippen LogP contribution in [-0.2, 0) is 6.54 Å². The summed E-state index contributed by atoms with van der Waals surface area (Å²) >= 11 is 0. The van der Waals surface area contributed by atoms with Gasteiger partial charge in [-0.3, -0.25) is 0 Å². The molecule has 2 rings (SSSR count). The summed E-state index contributed by atoms with van der Waals surface area (Å²) in [5.74, 6) is 2.37. The molecule has 1 aliphatic rings. The summed E-state index contributed by atoms with van der Waals surface area (Å²) in [6.45, 7) is 4.77. The fourth-order valence-electron chi connectivity index (χ4n) is 1.80. The summed E-state index contributed by atoms with van der Waals surface area (Å²) < 4.78 is 4.92. The zero-order valence-corrected chi connectivity index (χ0v) is 9.49. The summed E-state index contributed by atoms with van der Waals surface area (Å²) in [5.41, 5.74) is 0. The molecule has 1 saturated carbocycles. The lowest BCUT2D eigenvalue weighted by molar-refractivity contribution is 0.379. The average Bonchev–Trinajstić information content (AvgIpc) is 2.95. The van der Waals surface area contributed by atoms with Crippen molar-refractivity contribution >= 4 is 0 Å². The van der Waals surface area contributed by atoms with Gasteiger partial charge in [0, 0.05) is 13.0 Å². The summed E-state index contributed by atoms with van der Waals surface area (Å²) in [7, 11) is 0. The molecule has 1 aromatic rings. The van der Waals surface area contributed by atoms with Gasteiger partial charge in [0.2, 0.25) is 5.89 Å². The molecule has 0 radical (unpaired) electrons. The molecular weight excluding hydrogens is 190 g/mol. The van der Waals surface area contributed by atoms with Crippen molar-refractivity contribution in [1.82, 2.24) is 15.5 Å². The third-order valence-corrected chi connectivity index (χ3v) is 2.93. The van der Waals surface area contributed by atoms with Crippen LogP contribution in [0.4, 0.5) is 0 Å². The van der Waals surface area contributed by atoms with E-state index in [1.165, 1.54) is 25.7 Å². The number of aryl methyl sites for hydroxylation is 1. The first kappa shape index (κ1) is 10.6. The van der Waals surface area contributed by atoms with Gasteiger partial charge in [0.15, 0.2) is 5.82 Å².